The smallest absolute Gasteiger partial charge is 0.282 e. The first-order chi connectivity index (χ1) is 14.0. The van der Waals surface area contributed by atoms with E-state index in [2.05, 4.69) is 10.5 Å². The van der Waals surface area contributed by atoms with Gasteiger partial charge in [-0.2, -0.15) is 5.10 Å². The number of carbonyl (C=O) groups excluding carboxylic acids is 1. The first-order valence-electron chi connectivity index (χ1n) is 8.88. The lowest BCUT2D eigenvalue weighted by Gasteiger charge is -2.07. The van der Waals surface area contributed by atoms with Crippen LogP contribution < -0.4 is 10.2 Å². The maximum absolute atomic E-state index is 12.2. The molecule has 0 spiro atoms. The van der Waals surface area contributed by atoms with E-state index in [1.54, 1.807) is 18.2 Å². The molecule has 1 amide bonds. The van der Waals surface area contributed by atoms with Crippen molar-refractivity contribution in [1.29, 1.82) is 0 Å². The summed E-state index contributed by atoms with van der Waals surface area (Å²) in [7, 11) is 0. The van der Waals surface area contributed by atoms with Crippen LogP contribution in [0.15, 0.2) is 77.9 Å². The minimum atomic E-state index is -0.652. The van der Waals surface area contributed by atoms with Crippen LogP contribution in [0.4, 0.5) is 5.69 Å². The highest BCUT2D eigenvalue weighted by molar-refractivity contribution is 5.98. The third kappa shape index (κ3) is 5.49. The summed E-state index contributed by atoms with van der Waals surface area (Å²) in [5.74, 6) is 0.0138. The highest BCUT2D eigenvalue weighted by Crippen LogP contribution is 2.17. The van der Waals surface area contributed by atoms with Crippen LogP contribution in [-0.4, -0.2) is 17.0 Å². The van der Waals surface area contributed by atoms with E-state index in [0.717, 1.165) is 5.56 Å². The molecule has 0 heterocycles. The molecule has 0 aliphatic heterocycles. The Kier molecular flexibility index (Phi) is 6.32. The molecule has 29 heavy (non-hydrogen) atoms. The molecule has 3 rings (SSSR count). The van der Waals surface area contributed by atoms with E-state index < -0.39 is 10.8 Å². The van der Waals surface area contributed by atoms with Crippen molar-refractivity contribution in [3.05, 3.63) is 105 Å². The Balaban J connectivity index is 1.61. The lowest BCUT2D eigenvalue weighted by atomic mass is 10.2. The molecule has 0 saturated heterocycles. The monoisotopic (exact) mass is 389 g/mol. The zero-order valence-corrected chi connectivity index (χ0v) is 15.7. The van der Waals surface area contributed by atoms with Crippen LogP contribution in [0.3, 0.4) is 0 Å². The predicted molar refractivity (Wildman–Crippen MR) is 110 cm³/mol. The van der Waals surface area contributed by atoms with Gasteiger partial charge >= 0.3 is 0 Å². The van der Waals surface area contributed by atoms with E-state index in [-0.39, 0.29) is 11.3 Å². The van der Waals surface area contributed by atoms with Crippen LogP contribution in [0.5, 0.6) is 5.75 Å². The Morgan fingerprint density at radius 3 is 2.62 bits per heavy atom. The van der Waals surface area contributed by atoms with Crippen molar-refractivity contribution in [2.45, 2.75) is 13.5 Å². The van der Waals surface area contributed by atoms with Crippen molar-refractivity contribution >= 4 is 17.8 Å². The Hall–Kier alpha value is -4.00. The molecule has 0 bridgehead atoms. The van der Waals surface area contributed by atoms with Crippen molar-refractivity contribution in [2.24, 2.45) is 5.10 Å². The van der Waals surface area contributed by atoms with Gasteiger partial charge in [-0.1, -0.05) is 54.1 Å². The molecular formula is C22H19N3O4. The van der Waals surface area contributed by atoms with Crippen molar-refractivity contribution in [2.75, 3.05) is 0 Å². The molecule has 1 N–H and O–H groups in total. The average molecular weight is 389 g/mol. The molecule has 0 aromatic heterocycles. The number of ether oxygens (including phenoxy) is 1. The lowest BCUT2D eigenvalue weighted by Crippen LogP contribution is -2.18. The van der Waals surface area contributed by atoms with Crippen LogP contribution in [0.2, 0.25) is 0 Å². The van der Waals surface area contributed by atoms with Gasteiger partial charge in [0.1, 0.15) is 17.9 Å². The third-order valence-electron chi connectivity index (χ3n) is 4.11. The van der Waals surface area contributed by atoms with Crippen molar-refractivity contribution < 1.29 is 14.5 Å². The van der Waals surface area contributed by atoms with Gasteiger partial charge in [0, 0.05) is 6.07 Å². The van der Waals surface area contributed by atoms with Crippen molar-refractivity contribution in [3.63, 3.8) is 0 Å². The number of nitrogens with zero attached hydrogens (tertiary/aromatic N) is 2. The highest BCUT2D eigenvalue weighted by Gasteiger charge is 2.18. The van der Waals surface area contributed by atoms with E-state index in [1.165, 1.54) is 30.0 Å². The van der Waals surface area contributed by atoms with Gasteiger partial charge in [-0.25, -0.2) is 5.43 Å². The number of benzene rings is 3. The first kappa shape index (κ1) is 19.8. The number of rotatable bonds is 7. The summed E-state index contributed by atoms with van der Waals surface area (Å²) in [5.41, 5.74) is 4.96. The maximum Gasteiger partial charge on any atom is 0.282 e. The Bertz CT molecular complexity index is 1050. The SMILES string of the molecule is Cc1ccc(COc2cccc(/C=N\NC(=O)c3ccccc3[N+](=O)[O-])c2)cc1. The van der Waals surface area contributed by atoms with Crippen LogP contribution in [-0.2, 0) is 6.61 Å². The van der Waals surface area contributed by atoms with Crippen LogP contribution >= 0.6 is 0 Å². The number of nitro groups is 1. The molecule has 0 radical (unpaired) electrons. The zero-order chi connectivity index (χ0) is 20.6. The molecule has 7 nitrogen and oxygen atoms in total. The summed E-state index contributed by atoms with van der Waals surface area (Å²) in [6.07, 6.45) is 1.45. The molecule has 0 fully saturated rings. The number of nitrogens with one attached hydrogen (secondary N) is 1. The second-order valence-corrected chi connectivity index (χ2v) is 6.32. The summed E-state index contributed by atoms with van der Waals surface area (Å²) >= 11 is 0. The van der Waals surface area contributed by atoms with Gasteiger partial charge in [0.25, 0.3) is 11.6 Å². The summed E-state index contributed by atoms with van der Waals surface area (Å²) in [6.45, 7) is 2.47. The van der Waals surface area contributed by atoms with Crippen molar-refractivity contribution in [1.82, 2.24) is 5.43 Å². The van der Waals surface area contributed by atoms with E-state index in [0.29, 0.717) is 17.9 Å². The maximum atomic E-state index is 12.2. The molecule has 3 aromatic carbocycles. The Morgan fingerprint density at radius 1 is 1.10 bits per heavy atom. The minimum Gasteiger partial charge on any atom is -0.489 e. The number of hydrazone groups is 1. The van der Waals surface area contributed by atoms with Crippen LogP contribution in [0, 0.1) is 17.0 Å². The van der Waals surface area contributed by atoms with Gasteiger partial charge < -0.3 is 4.74 Å². The number of hydrogen-bond acceptors (Lipinski definition) is 5. The first-order valence-corrected chi connectivity index (χ1v) is 8.88. The van der Waals surface area contributed by atoms with Crippen LogP contribution in [0.1, 0.15) is 27.0 Å². The molecule has 146 valence electrons. The van der Waals surface area contributed by atoms with Gasteiger partial charge in [0.15, 0.2) is 0 Å². The molecule has 0 unspecified atom stereocenters. The largest absolute Gasteiger partial charge is 0.489 e. The number of carbonyl (C=O) groups is 1. The normalized spacial score (nSPS) is 10.7. The fourth-order valence-corrected chi connectivity index (χ4v) is 2.59. The zero-order valence-electron chi connectivity index (χ0n) is 15.7. The molecule has 0 saturated carbocycles. The second-order valence-electron chi connectivity index (χ2n) is 6.32. The average Bonchev–Trinajstić information content (AvgIpc) is 2.73. The minimum absolute atomic E-state index is 0.0511. The predicted octanol–water partition coefficient (Wildman–Crippen LogP) is 4.25. The topological polar surface area (TPSA) is 93.8 Å². The fraction of sp³-hybridized carbons (Fsp3) is 0.0909. The third-order valence-corrected chi connectivity index (χ3v) is 4.11. The molecule has 0 atom stereocenters. The second kappa shape index (κ2) is 9.27. The van der Waals surface area contributed by atoms with E-state index in [4.69, 9.17) is 4.74 Å². The highest BCUT2D eigenvalue weighted by atomic mass is 16.6. The van der Waals surface area contributed by atoms with E-state index in [9.17, 15) is 14.9 Å². The number of amides is 1. The Labute approximate surface area is 167 Å². The van der Waals surface area contributed by atoms with Gasteiger partial charge in [-0.15, -0.1) is 0 Å². The number of nitro benzene ring substituents is 1. The molecule has 0 aliphatic rings. The van der Waals surface area contributed by atoms with E-state index >= 15 is 0 Å². The standard InChI is InChI=1S/C22H19N3O4/c1-16-9-11-17(12-10-16)15-29-19-6-4-5-18(13-19)14-23-24-22(26)20-7-2-3-8-21(20)25(27)28/h2-14H,15H2,1H3,(H,24,26)/b23-14-. The summed E-state index contributed by atoms with van der Waals surface area (Å²) in [4.78, 5) is 22.6. The lowest BCUT2D eigenvalue weighted by molar-refractivity contribution is -0.385. The molecule has 0 aliphatic carbocycles. The van der Waals surface area contributed by atoms with Gasteiger partial charge in [-0.3, -0.25) is 14.9 Å². The summed E-state index contributed by atoms with van der Waals surface area (Å²) in [6, 6.07) is 21.0. The van der Waals surface area contributed by atoms with Crippen LogP contribution in [0.25, 0.3) is 0 Å². The molecule has 3 aromatic rings. The van der Waals surface area contributed by atoms with Gasteiger partial charge in [-0.05, 0) is 36.2 Å². The van der Waals surface area contributed by atoms with E-state index in [1.807, 2.05) is 43.3 Å². The number of aryl methyl sites for hydroxylation is 1. The summed E-state index contributed by atoms with van der Waals surface area (Å²) in [5, 5.41) is 14.9. The number of hydrogen-bond donors (Lipinski definition) is 1. The quantitative estimate of drug-likeness (QED) is 0.371. The fourth-order valence-electron chi connectivity index (χ4n) is 2.59. The Morgan fingerprint density at radius 2 is 1.86 bits per heavy atom. The summed E-state index contributed by atoms with van der Waals surface area (Å²) < 4.78 is 5.79. The van der Waals surface area contributed by atoms with Gasteiger partial charge in [0.05, 0.1) is 11.1 Å². The molecule has 7 heteroatoms. The molecular weight excluding hydrogens is 370 g/mol. The van der Waals surface area contributed by atoms with Gasteiger partial charge in [0.2, 0.25) is 0 Å². The number of para-hydroxylation sites is 1. The van der Waals surface area contributed by atoms with Crippen molar-refractivity contribution in [3.8, 4) is 5.75 Å².